The third-order valence-electron chi connectivity index (χ3n) is 1.75. The van der Waals surface area contributed by atoms with Crippen molar-refractivity contribution in [1.29, 1.82) is 0 Å². The van der Waals surface area contributed by atoms with Crippen molar-refractivity contribution in [2.45, 2.75) is 20.0 Å². The van der Waals surface area contributed by atoms with E-state index in [0.29, 0.717) is 11.7 Å². The molecule has 2 N–H and O–H groups in total. The molecule has 6 heteroatoms. The second-order valence-corrected chi connectivity index (χ2v) is 3.97. The minimum Gasteiger partial charge on any atom is -0.366 e. The Kier molecular flexibility index (Phi) is 4.34. The summed E-state index contributed by atoms with van der Waals surface area (Å²) < 4.78 is 2.88. The Morgan fingerprint density at radius 1 is 1.71 bits per heavy atom. The van der Waals surface area contributed by atoms with Crippen LogP contribution in [0.2, 0.25) is 0 Å². The van der Waals surface area contributed by atoms with Gasteiger partial charge in [-0.3, -0.25) is 4.68 Å². The zero-order valence-electron chi connectivity index (χ0n) is 8.17. The Balaban J connectivity index is 2.58. The Morgan fingerprint density at radius 2 is 2.43 bits per heavy atom. The quantitative estimate of drug-likeness (QED) is 0.816. The number of hydrogen-bond donors (Lipinski definition) is 2. The van der Waals surface area contributed by atoms with E-state index >= 15 is 0 Å². The molecule has 1 rings (SSSR count). The third kappa shape index (κ3) is 2.95. The second-order valence-electron chi connectivity index (χ2n) is 2.71. The van der Waals surface area contributed by atoms with E-state index in [1.165, 1.54) is 0 Å². The minimum atomic E-state index is 0.628. The van der Waals surface area contributed by atoms with Crippen molar-refractivity contribution >= 4 is 33.3 Å². The van der Waals surface area contributed by atoms with Crippen LogP contribution in [-0.2, 0) is 13.1 Å². The van der Waals surface area contributed by atoms with Gasteiger partial charge in [-0.05, 0) is 35.1 Å². The highest BCUT2D eigenvalue weighted by molar-refractivity contribution is 9.10. The van der Waals surface area contributed by atoms with Gasteiger partial charge in [-0.25, -0.2) is 0 Å². The van der Waals surface area contributed by atoms with Crippen molar-refractivity contribution in [3.63, 3.8) is 0 Å². The molecule has 14 heavy (non-hydrogen) atoms. The van der Waals surface area contributed by atoms with E-state index in [1.54, 1.807) is 7.05 Å². The summed E-state index contributed by atoms with van der Waals surface area (Å²) in [4.78, 5) is 0. The molecule has 0 saturated heterocycles. The van der Waals surface area contributed by atoms with Crippen molar-refractivity contribution in [3.05, 3.63) is 16.4 Å². The zero-order valence-corrected chi connectivity index (χ0v) is 10.6. The maximum atomic E-state index is 4.96. The third-order valence-corrected chi connectivity index (χ3v) is 2.77. The molecule has 0 atom stereocenters. The van der Waals surface area contributed by atoms with Gasteiger partial charge in [0, 0.05) is 19.8 Å². The van der Waals surface area contributed by atoms with E-state index in [9.17, 15) is 0 Å². The average Bonchev–Trinajstić information content (AvgIpc) is 2.55. The number of rotatable bonds is 3. The van der Waals surface area contributed by atoms with Crippen LogP contribution in [-0.4, -0.2) is 21.9 Å². The van der Waals surface area contributed by atoms with Crippen LogP contribution in [0.5, 0.6) is 0 Å². The maximum absolute atomic E-state index is 4.96. The minimum absolute atomic E-state index is 0.628. The summed E-state index contributed by atoms with van der Waals surface area (Å²) in [6, 6.07) is 0. The molecule has 0 fully saturated rings. The van der Waals surface area contributed by atoms with Crippen molar-refractivity contribution in [3.8, 4) is 0 Å². The van der Waals surface area contributed by atoms with E-state index in [4.69, 9.17) is 12.2 Å². The van der Waals surface area contributed by atoms with E-state index in [1.807, 2.05) is 10.9 Å². The molecular formula is C8H13BrN4S. The number of halogens is 1. The molecule has 1 heterocycles. The fraction of sp³-hybridized carbons (Fsp3) is 0.500. The van der Waals surface area contributed by atoms with Gasteiger partial charge in [-0.2, -0.15) is 5.10 Å². The molecule has 1 aromatic heterocycles. The van der Waals surface area contributed by atoms with Crippen LogP contribution in [0.3, 0.4) is 0 Å². The standard InChI is InChI=1S/C8H13BrN4S/c1-3-13-5-6(9)7(12-13)4-11-8(14)10-2/h5H,3-4H2,1-2H3,(H2,10,11,14). The molecule has 0 aliphatic carbocycles. The first kappa shape index (κ1) is 11.5. The monoisotopic (exact) mass is 276 g/mol. The van der Waals surface area contributed by atoms with Crippen LogP contribution in [0.1, 0.15) is 12.6 Å². The van der Waals surface area contributed by atoms with Gasteiger partial charge < -0.3 is 10.6 Å². The van der Waals surface area contributed by atoms with E-state index in [-0.39, 0.29) is 0 Å². The Labute approximate surface area is 97.2 Å². The number of nitrogens with one attached hydrogen (secondary N) is 2. The van der Waals surface area contributed by atoms with Crippen molar-refractivity contribution < 1.29 is 0 Å². The smallest absolute Gasteiger partial charge is 0.166 e. The molecule has 0 amide bonds. The summed E-state index contributed by atoms with van der Waals surface area (Å²) >= 11 is 8.40. The van der Waals surface area contributed by atoms with E-state index < -0.39 is 0 Å². The van der Waals surface area contributed by atoms with E-state index in [2.05, 4.69) is 38.6 Å². The molecule has 0 aromatic carbocycles. The normalized spacial score (nSPS) is 9.93. The average molecular weight is 277 g/mol. The largest absolute Gasteiger partial charge is 0.366 e. The van der Waals surface area contributed by atoms with Gasteiger partial charge in [0.2, 0.25) is 0 Å². The fourth-order valence-electron chi connectivity index (χ4n) is 0.971. The predicted molar refractivity (Wildman–Crippen MR) is 64.1 cm³/mol. The fourth-order valence-corrected chi connectivity index (χ4v) is 1.50. The van der Waals surface area contributed by atoms with Gasteiger partial charge in [0.1, 0.15) is 0 Å². The van der Waals surface area contributed by atoms with Crippen LogP contribution in [0, 0.1) is 0 Å². The van der Waals surface area contributed by atoms with Gasteiger partial charge in [0.25, 0.3) is 0 Å². The van der Waals surface area contributed by atoms with E-state index in [0.717, 1.165) is 16.7 Å². The lowest BCUT2D eigenvalue weighted by molar-refractivity contribution is 0.642. The summed E-state index contributed by atoms with van der Waals surface area (Å²) in [7, 11) is 1.79. The van der Waals surface area contributed by atoms with Crippen LogP contribution >= 0.6 is 28.1 Å². The molecule has 4 nitrogen and oxygen atoms in total. The topological polar surface area (TPSA) is 41.9 Å². The van der Waals surface area contributed by atoms with Gasteiger partial charge in [0.15, 0.2) is 5.11 Å². The molecule has 78 valence electrons. The highest BCUT2D eigenvalue weighted by Crippen LogP contribution is 2.14. The highest BCUT2D eigenvalue weighted by Gasteiger charge is 2.05. The van der Waals surface area contributed by atoms with Crippen molar-refractivity contribution in [1.82, 2.24) is 20.4 Å². The summed E-state index contributed by atoms with van der Waals surface area (Å²) in [5.74, 6) is 0. The van der Waals surface area contributed by atoms with Crippen molar-refractivity contribution in [2.75, 3.05) is 7.05 Å². The van der Waals surface area contributed by atoms with Gasteiger partial charge in [-0.15, -0.1) is 0 Å². The first-order valence-corrected chi connectivity index (χ1v) is 5.55. The SMILES string of the molecule is CCn1cc(Br)c(CNC(=S)NC)n1. The highest BCUT2D eigenvalue weighted by atomic mass is 79.9. The van der Waals surface area contributed by atoms with Crippen molar-refractivity contribution in [2.24, 2.45) is 0 Å². The first-order valence-electron chi connectivity index (χ1n) is 4.34. The number of thiocarbonyl (C=S) groups is 1. The molecule has 1 aromatic rings. The maximum Gasteiger partial charge on any atom is 0.166 e. The summed E-state index contributed by atoms with van der Waals surface area (Å²) in [5, 5.41) is 10.9. The molecule has 0 bridgehead atoms. The molecule has 0 aliphatic heterocycles. The molecular weight excluding hydrogens is 264 g/mol. The Bertz CT molecular complexity index is 323. The lowest BCUT2D eigenvalue weighted by atomic mass is 10.4. The molecule has 0 saturated carbocycles. The number of aromatic nitrogens is 2. The van der Waals surface area contributed by atoms with Crippen LogP contribution < -0.4 is 10.6 Å². The van der Waals surface area contributed by atoms with Crippen LogP contribution in [0.25, 0.3) is 0 Å². The lowest BCUT2D eigenvalue weighted by Crippen LogP contribution is -2.32. The first-order chi connectivity index (χ1) is 6.67. The molecule has 0 spiro atoms. The van der Waals surface area contributed by atoms with Gasteiger partial charge in [-0.1, -0.05) is 0 Å². The Hall–Kier alpha value is -0.620. The van der Waals surface area contributed by atoms with Crippen LogP contribution in [0.4, 0.5) is 0 Å². The van der Waals surface area contributed by atoms with Gasteiger partial charge >= 0.3 is 0 Å². The lowest BCUT2D eigenvalue weighted by Gasteiger charge is -2.04. The Morgan fingerprint density at radius 3 is 2.93 bits per heavy atom. The summed E-state index contributed by atoms with van der Waals surface area (Å²) in [6.07, 6.45) is 1.96. The predicted octanol–water partition coefficient (Wildman–Crippen LogP) is 1.26. The summed E-state index contributed by atoms with van der Waals surface area (Å²) in [6.45, 7) is 3.55. The molecule has 0 radical (unpaired) electrons. The molecule has 0 aliphatic rings. The number of nitrogens with zero attached hydrogens (tertiary/aromatic N) is 2. The van der Waals surface area contributed by atoms with Crippen LogP contribution in [0.15, 0.2) is 10.7 Å². The van der Waals surface area contributed by atoms with Gasteiger partial charge in [0.05, 0.1) is 16.7 Å². The summed E-state index contributed by atoms with van der Waals surface area (Å²) in [5.41, 5.74) is 0.962. The molecule has 0 unspecified atom stereocenters. The number of hydrogen-bond acceptors (Lipinski definition) is 2. The number of aryl methyl sites for hydroxylation is 1. The zero-order chi connectivity index (χ0) is 10.6. The second kappa shape index (κ2) is 5.31.